The van der Waals surface area contributed by atoms with Crippen molar-refractivity contribution in [2.45, 2.75) is 0 Å². The Hall–Kier alpha value is -1.58. The minimum atomic E-state index is 0.492. The summed E-state index contributed by atoms with van der Waals surface area (Å²) in [6, 6.07) is 13.9. The number of hydrogen-bond acceptors (Lipinski definition) is 3. The van der Waals surface area contributed by atoms with Gasteiger partial charge in [0.05, 0.1) is 0 Å². The Balaban J connectivity index is 1.94. The van der Waals surface area contributed by atoms with Crippen molar-refractivity contribution in [3.05, 3.63) is 53.0 Å². The minimum Gasteiger partial charge on any atom is -0.340 e. The lowest BCUT2D eigenvalue weighted by atomic mass is 10.2. The van der Waals surface area contributed by atoms with E-state index in [0.29, 0.717) is 5.15 Å². The topological polar surface area (TPSA) is 24.9 Å². The van der Waals surface area contributed by atoms with Gasteiger partial charge in [-0.05, 0) is 47.2 Å². The molecular formula is C13H9ClN2S. The van der Waals surface area contributed by atoms with Crippen LogP contribution in [0.4, 0.5) is 11.5 Å². The smallest absolute Gasteiger partial charge is 0.132 e. The van der Waals surface area contributed by atoms with Crippen LogP contribution >= 0.6 is 22.9 Å². The van der Waals surface area contributed by atoms with Crippen molar-refractivity contribution in [2.75, 3.05) is 5.32 Å². The molecule has 0 amide bonds. The maximum absolute atomic E-state index is 5.84. The standard InChI is InChI=1S/C13H9ClN2S/c14-12-2-1-3-13(16-12)15-10-4-5-11-9(8-10)6-7-17-11/h1-8H,(H,15,16). The van der Waals surface area contributed by atoms with Gasteiger partial charge in [-0.15, -0.1) is 11.3 Å². The summed E-state index contributed by atoms with van der Waals surface area (Å²) in [5.41, 5.74) is 1.02. The number of anilines is 2. The molecule has 0 bridgehead atoms. The highest BCUT2D eigenvalue weighted by molar-refractivity contribution is 7.17. The third-order valence-corrected chi connectivity index (χ3v) is 3.55. The van der Waals surface area contributed by atoms with Crippen molar-refractivity contribution < 1.29 is 0 Å². The van der Waals surface area contributed by atoms with E-state index in [1.54, 1.807) is 17.4 Å². The quantitative estimate of drug-likeness (QED) is 0.676. The van der Waals surface area contributed by atoms with Crippen LogP contribution in [0.2, 0.25) is 5.15 Å². The maximum atomic E-state index is 5.84. The summed E-state index contributed by atoms with van der Waals surface area (Å²) >= 11 is 7.58. The second-order valence-corrected chi connectivity index (χ2v) is 4.98. The molecule has 2 heterocycles. The summed E-state index contributed by atoms with van der Waals surface area (Å²) in [4.78, 5) is 4.19. The molecule has 4 heteroatoms. The number of benzene rings is 1. The highest BCUT2D eigenvalue weighted by Gasteiger charge is 1.99. The van der Waals surface area contributed by atoms with E-state index >= 15 is 0 Å². The van der Waals surface area contributed by atoms with E-state index in [4.69, 9.17) is 11.6 Å². The molecule has 0 aliphatic rings. The molecule has 1 N–H and O–H groups in total. The Labute approximate surface area is 108 Å². The number of hydrogen-bond donors (Lipinski definition) is 1. The van der Waals surface area contributed by atoms with Crippen LogP contribution in [0, 0.1) is 0 Å². The van der Waals surface area contributed by atoms with E-state index < -0.39 is 0 Å². The van der Waals surface area contributed by atoms with Gasteiger partial charge in [-0.3, -0.25) is 0 Å². The number of aromatic nitrogens is 1. The summed E-state index contributed by atoms with van der Waals surface area (Å²) in [6.07, 6.45) is 0. The lowest BCUT2D eigenvalue weighted by Crippen LogP contribution is -1.92. The lowest BCUT2D eigenvalue weighted by Gasteiger charge is -2.05. The summed E-state index contributed by atoms with van der Waals surface area (Å²) in [5, 5.41) is 7.06. The summed E-state index contributed by atoms with van der Waals surface area (Å²) in [7, 11) is 0. The maximum Gasteiger partial charge on any atom is 0.132 e. The summed E-state index contributed by atoms with van der Waals surface area (Å²) in [5.74, 6) is 0.757. The molecule has 3 rings (SSSR count). The van der Waals surface area contributed by atoms with Crippen LogP contribution in [-0.2, 0) is 0 Å². The molecule has 1 aromatic carbocycles. The zero-order valence-electron chi connectivity index (χ0n) is 8.85. The summed E-state index contributed by atoms with van der Waals surface area (Å²) < 4.78 is 1.29. The first-order valence-electron chi connectivity index (χ1n) is 5.18. The van der Waals surface area contributed by atoms with E-state index in [0.717, 1.165) is 11.5 Å². The van der Waals surface area contributed by atoms with Crippen LogP contribution in [0.25, 0.3) is 10.1 Å². The molecule has 0 aliphatic carbocycles. The van der Waals surface area contributed by atoms with Crippen molar-refractivity contribution in [3.8, 4) is 0 Å². The lowest BCUT2D eigenvalue weighted by molar-refractivity contribution is 1.31. The monoisotopic (exact) mass is 260 g/mol. The van der Waals surface area contributed by atoms with Gasteiger partial charge in [0.2, 0.25) is 0 Å². The van der Waals surface area contributed by atoms with Gasteiger partial charge in [-0.1, -0.05) is 17.7 Å². The fourth-order valence-corrected chi connectivity index (χ4v) is 2.60. The van der Waals surface area contributed by atoms with Crippen LogP contribution in [0.3, 0.4) is 0 Å². The van der Waals surface area contributed by atoms with Gasteiger partial charge >= 0.3 is 0 Å². The summed E-state index contributed by atoms with van der Waals surface area (Å²) in [6.45, 7) is 0. The number of halogens is 1. The van der Waals surface area contributed by atoms with Crippen molar-refractivity contribution in [1.29, 1.82) is 0 Å². The Kier molecular flexibility index (Phi) is 2.71. The van der Waals surface area contributed by atoms with E-state index in [9.17, 15) is 0 Å². The van der Waals surface area contributed by atoms with Gasteiger partial charge in [0, 0.05) is 10.4 Å². The van der Waals surface area contributed by atoms with Crippen molar-refractivity contribution in [3.63, 3.8) is 0 Å². The van der Waals surface area contributed by atoms with Crippen molar-refractivity contribution in [1.82, 2.24) is 4.98 Å². The fourth-order valence-electron chi connectivity index (χ4n) is 1.67. The van der Waals surface area contributed by atoms with E-state index in [2.05, 4.69) is 33.9 Å². The number of fused-ring (bicyclic) bond motifs is 1. The molecule has 0 radical (unpaired) electrons. The molecular weight excluding hydrogens is 252 g/mol. The molecule has 0 unspecified atom stereocenters. The molecule has 3 aromatic rings. The normalized spacial score (nSPS) is 10.6. The first-order chi connectivity index (χ1) is 8.31. The van der Waals surface area contributed by atoms with Crippen LogP contribution in [0.5, 0.6) is 0 Å². The zero-order chi connectivity index (χ0) is 11.7. The SMILES string of the molecule is Clc1cccc(Nc2ccc3sccc3c2)n1. The van der Waals surface area contributed by atoms with Crippen LogP contribution in [0.15, 0.2) is 47.8 Å². The van der Waals surface area contributed by atoms with Crippen LogP contribution in [-0.4, -0.2) is 4.98 Å². The highest BCUT2D eigenvalue weighted by atomic mass is 35.5. The van der Waals surface area contributed by atoms with E-state index in [-0.39, 0.29) is 0 Å². The largest absolute Gasteiger partial charge is 0.340 e. The third-order valence-electron chi connectivity index (χ3n) is 2.44. The van der Waals surface area contributed by atoms with Gasteiger partial charge in [0.25, 0.3) is 0 Å². The number of nitrogens with one attached hydrogen (secondary N) is 1. The molecule has 0 saturated carbocycles. The second kappa shape index (κ2) is 4.35. The number of nitrogens with zero attached hydrogens (tertiary/aromatic N) is 1. The second-order valence-electron chi connectivity index (χ2n) is 3.64. The average molecular weight is 261 g/mol. The molecule has 0 atom stereocenters. The molecule has 0 saturated heterocycles. The molecule has 2 nitrogen and oxygen atoms in total. The average Bonchev–Trinajstić information content (AvgIpc) is 2.76. The van der Waals surface area contributed by atoms with Crippen LogP contribution in [0.1, 0.15) is 0 Å². The van der Waals surface area contributed by atoms with Gasteiger partial charge < -0.3 is 5.32 Å². The van der Waals surface area contributed by atoms with Crippen LogP contribution < -0.4 is 5.32 Å². The fraction of sp³-hybridized carbons (Fsp3) is 0. The molecule has 84 valence electrons. The van der Waals surface area contributed by atoms with Gasteiger partial charge in [0.1, 0.15) is 11.0 Å². The minimum absolute atomic E-state index is 0.492. The number of thiophene rings is 1. The zero-order valence-corrected chi connectivity index (χ0v) is 10.4. The molecule has 0 aliphatic heterocycles. The Bertz CT molecular complexity index is 663. The number of pyridine rings is 1. The molecule has 0 fully saturated rings. The predicted octanol–water partition coefficient (Wildman–Crippen LogP) is 4.69. The highest BCUT2D eigenvalue weighted by Crippen LogP contribution is 2.25. The van der Waals surface area contributed by atoms with E-state index in [1.807, 2.05) is 18.2 Å². The third kappa shape index (κ3) is 2.25. The van der Waals surface area contributed by atoms with Crippen molar-refractivity contribution in [2.24, 2.45) is 0 Å². The van der Waals surface area contributed by atoms with Crippen molar-refractivity contribution >= 4 is 44.5 Å². The number of rotatable bonds is 2. The molecule has 0 spiro atoms. The molecule has 17 heavy (non-hydrogen) atoms. The van der Waals surface area contributed by atoms with Gasteiger partial charge in [-0.2, -0.15) is 0 Å². The molecule has 2 aromatic heterocycles. The Morgan fingerprint density at radius 2 is 2.06 bits per heavy atom. The van der Waals surface area contributed by atoms with E-state index in [1.165, 1.54) is 10.1 Å². The van der Waals surface area contributed by atoms with Gasteiger partial charge in [0.15, 0.2) is 0 Å². The Morgan fingerprint density at radius 1 is 1.12 bits per heavy atom. The predicted molar refractivity (Wildman–Crippen MR) is 74.4 cm³/mol. The first-order valence-corrected chi connectivity index (χ1v) is 6.44. The Morgan fingerprint density at radius 3 is 2.94 bits per heavy atom. The van der Waals surface area contributed by atoms with Gasteiger partial charge in [-0.25, -0.2) is 4.98 Å². The first kappa shape index (κ1) is 10.6.